The predicted molar refractivity (Wildman–Crippen MR) is 122 cm³/mol. The van der Waals surface area contributed by atoms with Crippen LogP contribution in [0.15, 0.2) is 24.3 Å². The molecule has 1 aromatic carbocycles. The second-order valence-electron chi connectivity index (χ2n) is 9.65. The maximum Gasteiger partial charge on any atom is 0.163 e. The first-order chi connectivity index (χ1) is 15.1. The van der Waals surface area contributed by atoms with Gasteiger partial charge in [0.15, 0.2) is 11.6 Å². The topological polar surface area (TPSA) is 55.4 Å². The van der Waals surface area contributed by atoms with Gasteiger partial charge >= 0.3 is 0 Å². The number of ether oxygens (including phenoxy) is 6. The van der Waals surface area contributed by atoms with Gasteiger partial charge < -0.3 is 28.4 Å². The molecule has 178 valence electrons. The van der Waals surface area contributed by atoms with Crippen molar-refractivity contribution < 1.29 is 28.4 Å². The van der Waals surface area contributed by atoms with Gasteiger partial charge in [0.2, 0.25) is 0 Å². The second-order valence-corrected chi connectivity index (χ2v) is 9.65. The summed E-state index contributed by atoms with van der Waals surface area (Å²) in [7, 11) is 1.65. The summed E-state index contributed by atoms with van der Waals surface area (Å²) < 4.78 is 35.6. The zero-order valence-electron chi connectivity index (χ0n) is 20.3. The fourth-order valence-corrected chi connectivity index (χ4v) is 4.46. The van der Waals surface area contributed by atoms with Crippen molar-refractivity contribution in [3.8, 4) is 18.1 Å². The predicted octanol–water partition coefficient (Wildman–Crippen LogP) is 4.69. The molecule has 0 unspecified atom stereocenters. The van der Waals surface area contributed by atoms with Crippen LogP contribution in [0.1, 0.15) is 59.4 Å². The molecule has 5 atom stereocenters. The standard InChI is InChI=1S/C26H38O6/c1-8-23(28-17-19-9-11-20(27-7)12-10-19)18(2)24-16-22(31-26(5,6)32-24)15-21-13-14-29-25(3,4)30-21/h1,9-12,18,21-24H,13-17H2,2-7H3/t18-,21-,22-,23+,24-/m1/s1. The first kappa shape index (κ1) is 25.0. The molecule has 0 amide bonds. The molecular formula is C26H38O6. The van der Waals surface area contributed by atoms with Gasteiger partial charge in [0, 0.05) is 18.8 Å². The minimum absolute atomic E-state index is 0.0102. The van der Waals surface area contributed by atoms with Crippen molar-refractivity contribution in [3.63, 3.8) is 0 Å². The summed E-state index contributed by atoms with van der Waals surface area (Å²) in [5.74, 6) is 2.39. The van der Waals surface area contributed by atoms with Gasteiger partial charge in [-0.1, -0.05) is 25.0 Å². The van der Waals surface area contributed by atoms with Gasteiger partial charge in [0.1, 0.15) is 11.9 Å². The number of terminal acetylenes is 1. The van der Waals surface area contributed by atoms with Crippen molar-refractivity contribution in [1.82, 2.24) is 0 Å². The van der Waals surface area contributed by atoms with E-state index in [2.05, 4.69) is 12.8 Å². The van der Waals surface area contributed by atoms with Crippen LogP contribution < -0.4 is 4.74 Å². The number of methoxy groups -OCH3 is 1. The van der Waals surface area contributed by atoms with Crippen molar-refractivity contribution in [1.29, 1.82) is 0 Å². The van der Waals surface area contributed by atoms with Crippen LogP contribution in [0.5, 0.6) is 5.75 Å². The highest BCUT2D eigenvalue weighted by molar-refractivity contribution is 5.26. The monoisotopic (exact) mass is 446 g/mol. The molecule has 0 aromatic heterocycles. The lowest BCUT2D eigenvalue weighted by molar-refractivity contribution is -0.323. The Bertz CT molecular complexity index is 766. The van der Waals surface area contributed by atoms with E-state index in [1.807, 2.05) is 52.0 Å². The van der Waals surface area contributed by atoms with Gasteiger partial charge in [0.25, 0.3) is 0 Å². The average molecular weight is 447 g/mol. The maximum absolute atomic E-state index is 6.28. The molecule has 0 N–H and O–H groups in total. The van der Waals surface area contributed by atoms with E-state index in [1.165, 1.54) is 0 Å². The van der Waals surface area contributed by atoms with Gasteiger partial charge in [-0.2, -0.15) is 0 Å². The Balaban J connectivity index is 1.60. The van der Waals surface area contributed by atoms with Crippen molar-refractivity contribution in [2.75, 3.05) is 13.7 Å². The van der Waals surface area contributed by atoms with Crippen LogP contribution in [0, 0.1) is 18.3 Å². The fraction of sp³-hybridized carbons (Fsp3) is 0.692. The largest absolute Gasteiger partial charge is 0.497 e. The lowest BCUT2D eigenvalue weighted by atomic mass is 9.90. The molecular weight excluding hydrogens is 408 g/mol. The Morgan fingerprint density at radius 3 is 2.38 bits per heavy atom. The van der Waals surface area contributed by atoms with Crippen molar-refractivity contribution in [3.05, 3.63) is 29.8 Å². The van der Waals surface area contributed by atoms with Crippen LogP contribution in [-0.4, -0.2) is 49.7 Å². The molecule has 0 bridgehead atoms. The van der Waals surface area contributed by atoms with Crippen LogP contribution >= 0.6 is 0 Å². The Kier molecular flexibility index (Phi) is 8.24. The molecule has 1 aromatic rings. The summed E-state index contributed by atoms with van der Waals surface area (Å²) in [5, 5.41) is 0. The smallest absolute Gasteiger partial charge is 0.163 e. The van der Waals surface area contributed by atoms with Crippen LogP contribution in [0.2, 0.25) is 0 Å². The van der Waals surface area contributed by atoms with E-state index in [1.54, 1.807) is 7.11 Å². The molecule has 2 saturated heterocycles. The zero-order valence-corrected chi connectivity index (χ0v) is 20.3. The Morgan fingerprint density at radius 2 is 1.75 bits per heavy atom. The molecule has 6 heteroatoms. The SMILES string of the molecule is C#C[C@H](OCc1ccc(OC)cc1)[C@@H](C)[C@H]1C[C@@H](C[C@H]2CCOC(C)(C)O2)OC(C)(C)O1. The molecule has 0 saturated carbocycles. The molecule has 3 rings (SSSR count). The first-order valence-electron chi connectivity index (χ1n) is 11.5. The van der Waals surface area contributed by atoms with E-state index in [0.717, 1.165) is 30.6 Å². The van der Waals surface area contributed by atoms with Crippen molar-refractivity contribution in [2.45, 2.75) is 96.5 Å². The van der Waals surface area contributed by atoms with E-state index in [-0.39, 0.29) is 30.3 Å². The van der Waals surface area contributed by atoms with E-state index in [4.69, 9.17) is 34.8 Å². The van der Waals surface area contributed by atoms with Gasteiger partial charge in [0.05, 0.1) is 38.6 Å². The minimum atomic E-state index is -0.697. The van der Waals surface area contributed by atoms with E-state index >= 15 is 0 Å². The molecule has 0 spiro atoms. The molecule has 2 aliphatic heterocycles. The number of hydrogen-bond donors (Lipinski definition) is 0. The molecule has 2 aliphatic rings. The van der Waals surface area contributed by atoms with E-state index in [0.29, 0.717) is 13.2 Å². The summed E-state index contributed by atoms with van der Waals surface area (Å²) in [5.41, 5.74) is 1.05. The molecule has 0 aliphatic carbocycles. The highest BCUT2D eigenvalue weighted by Gasteiger charge is 2.41. The normalized spacial score (nSPS) is 29.0. The number of hydrogen-bond acceptors (Lipinski definition) is 6. The summed E-state index contributed by atoms with van der Waals surface area (Å²) in [6, 6.07) is 7.80. The summed E-state index contributed by atoms with van der Waals surface area (Å²) in [6.07, 6.45) is 7.95. The zero-order chi connectivity index (χ0) is 23.4. The third-order valence-corrected chi connectivity index (χ3v) is 6.06. The van der Waals surface area contributed by atoms with Crippen LogP contribution in [0.3, 0.4) is 0 Å². The van der Waals surface area contributed by atoms with Crippen LogP contribution in [0.4, 0.5) is 0 Å². The van der Waals surface area contributed by atoms with Gasteiger partial charge in [-0.05, 0) is 51.8 Å². The number of rotatable bonds is 8. The third kappa shape index (κ3) is 6.94. The Hall–Kier alpha value is -1.62. The highest BCUT2D eigenvalue weighted by atomic mass is 16.7. The summed E-state index contributed by atoms with van der Waals surface area (Å²) in [6.45, 7) is 11.0. The number of benzene rings is 1. The van der Waals surface area contributed by atoms with Gasteiger partial charge in [-0.25, -0.2) is 0 Å². The highest BCUT2D eigenvalue weighted by Crippen LogP contribution is 2.36. The van der Waals surface area contributed by atoms with Crippen molar-refractivity contribution >= 4 is 0 Å². The maximum atomic E-state index is 6.28. The van der Waals surface area contributed by atoms with Crippen molar-refractivity contribution in [2.24, 2.45) is 5.92 Å². The fourth-order valence-electron chi connectivity index (χ4n) is 4.46. The molecule has 32 heavy (non-hydrogen) atoms. The van der Waals surface area contributed by atoms with Gasteiger partial charge in [-0.3, -0.25) is 0 Å². The quantitative estimate of drug-likeness (QED) is 0.540. The third-order valence-electron chi connectivity index (χ3n) is 6.06. The van der Waals surface area contributed by atoms with Crippen LogP contribution in [-0.2, 0) is 30.3 Å². The summed E-state index contributed by atoms with van der Waals surface area (Å²) >= 11 is 0. The molecule has 0 radical (unpaired) electrons. The lowest BCUT2D eigenvalue weighted by Gasteiger charge is -2.45. The van der Waals surface area contributed by atoms with E-state index < -0.39 is 11.6 Å². The molecule has 2 fully saturated rings. The summed E-state index contributed by atoms with van der Waals surface area (Å²) in [4.78, 5) is 0. The molecule has 6 nitrogen and oxygen atoms in total. The molecule has 2 heterocycles. The first-order valence-corrected chi connectivity index (χ1v) is 11.5. The second kappa shape index (κ2) is 10.5. The van der Waals surface area contributed by atoms with E-state index in [9.17, 15) is 0 Å². The lowest BCUT2D eigenvalue weighted by Crippen LogP contribution is -2.50. The van der Waals surface area contributed by atoms with Gasteiger partial charge in [-0.15, -0.1) is 6.42 Å². The average Bonchev–Trinajstić information content (AvgIpc) is 2.72. The Labute approximate surface area is 192 Å². The Morgan fingerprint density at radius 1 is 1.06 bits per heavy atom. The minimum Gasteiger partial charge on any atom is -0.497 e. The van der Waals surface area contributed by atoms with Crippen LogP contribution in [0.25, 0.3) is 0 Å².